The standard InChI is InChI=1S/C67H47N3/c1-67(2)59-42-49(47-29-34-63-57(40-47)55-22-12-14-24-61(55)68(63)52-18-8-4-9-19-52)31-36-65(59)70(54-33-28-45-26-27-46(38-51(45)39-54)44-16-6-3-7-17-44)66-37-32-50(43-60(66)67)48-30-35-64-58(41-48)56-23-13-15-25-62(56)69(64)53-20-10-5-11-21-53/h3-43H,1-2H3. The van der Waals surface area contributed by atoms with Gasteiger partial charge in [-0.05, 0) is 158 Å². The van der Waals surface area contributed by atoms with E-state index in [0.717, 1.165) is 5.69 Å². The van der Waals surface area contributed by atoms with Crippen LogP contribution < -0.4 is 4.90 Å². The van der Waals surface area contributed by atoms with Crippen LogP contribution in [0, 0.1) is 0 Å². The Labute approximate surface area is 407 Å². The molecule has 1 aliphatic heterocycles. The number of hydrogen-bond donors (Lipinski definition) is 0. The predicted octanol–water partition coefficient (Wildman–Crippen LogP) is 18.1. The highest BCUT2D eigenvalue weighted by Crippen LogP contribution is 2.54. The lowest BCUT2D eigenvalue weighted by Crippen LogP contribution is -2.30. The molecule has 0 aliphatic carbocycles. The molecule has 70 heavy (non-hydrogen) atoms. The highest BCUT2D eigenvalue weighted by atomic mass is 15.2. The van der Waals surface area contributed by atoms with E-state index < -0.39 is 0 Å². The number of aromatic nitrogens is 2. The lowest BCUT2D eigenvalue weighted by molar-refractivity contribution is 0.632. The van der Waals surface area contributed by atoms with Crippen LogP contribution in [0.3, 0.4) is 0 Å². The van der Waals surface area contributed by atoms with Crippen LogP contribution in [-0.2, 0) is 5.41 Å². The summed E-state index contributed by atoms with van der Waals surface area (Å²) in [6.07, 6.45) is 0. The number of rotatable bonds is 6. The summed E-state index contributed by atoms with van der Waals surface area (Å²) in [5, 5.41) is 7.44. The van der Waals surface area contributed by atoms with Gasteiger partial charge in [0, 0.05) is 44.0 Å². The van der Waals surface area contributed by atoms with Crippen LogP contribution in [-0.4, -0.2) is 9.13 Å². The molecular formula is C67H47N3. The summed E-state index contributed by atoms with van der Waals surface area (Å²) in [5.74, 6) is 0. The van der Waals surface area contributed by atoms with E-state index in [2.05, 4.69) is 277 Å². The van der Waals surface area contributed by atoms with Crippen LogP contribution in [0.1, 0.15) is 25.0 Å². The third kappa shape index (κ3) is 6.21. The van der Waals surface area contributed by atoms with Crippen molar-refractivity contribution >= 4 is 71.4 Å². The zero-order valence-corrected chi connectivity index (χ0v) is 39.0. The molecule has 0 unspecified atom stereocenters. The second-order valence-electron chi connectivity index (χ2n) is 19.4. The Balaban J connectivity index is 0.946. The fourth-order valence-electron chi connectivity index (χ4n) is 11.6. The summed E-state index contributed by atoms with van der Waals surface area (Å²) in [7, 11) is 0. The minimum Gasteiger partial charge on any atom is -0.310 e. The van der Waals surface area contributed by atoms with Crippen molar-refractivity contribution in [2.24, 2.45) is 0 Å². The third-order valence-corrected chi connectivity index (χ3v) is 15.1. The molecule has 1 aliphatic rings. The van der Waals surface area contributed by atoms with Gasteiger partial charge in [-0.1, -0.05) is 159 Å². The normalized spacial score (nSPS) is 13.1. The molecule has 0 saturated heterocycles. The maximum atomic E-state index is 2.51. The highest BCUT2D eigenvalue weighted by Gasteiger charge is 2.38. The minimum atomic E-state index is -0.342. The number of nitrogens with zero attached hydrogens (tertiary/aromatic N) is 3. The van der Waals surface area contributed by atoms with Gasteiger partial charge in [0.25, 0.3) is 0 Å². The van der Waals surface area contributed by atoms with Crippen molar-refractivity contribution in [3.63, 3.8) is 0 Å². The maximum absolute atomic E-state index is 2.51. The van der Waals surface area contributed by atoms with E-state index in [-0.39, 0.29) is 5.41 Å². The van der Waals surface area contributed by atoms with Crippen LogP contribution >= 0.6 is 0 Å². The average molecular weight is 894 g/mol. The molecule has 0 fully saturated rings. The van der Waals surface area contributed by atoms with E-state index in [0.29, 0.717) is 0 Å². The molecular weight excluding hydrogens is 847 g/mol. The fourth-order valence-corrected chi connectivity index (χ4v) is 11.6. The molecule has 11 aromatic carbocycles. The van der Waals surface area contributed by atoms with Crippen molar-refractivity contribution in [3.8, 4) is 44.8 Å². The number of anilines is 3. The molecule has 330 valence electrons. The first kappa shape index (κ1) is 40.2. The van der Waals surface area contributed by atoms with Gasteiger partial charge >= 0.3 is 0 Å². The van der Waals surface area contributed by atoms with Crippen molar-refractivity contribution in [1.29, 1.82) is 0 Å². The Morgan fingerprint density at radius 3 is 1.23 bits per heavy atom. The number of para-hydroxylation sites is 4. The van der Waals surface area contributed by atoms with Crippen LogP contribution in [0.4, 0.5) is 17.1 Å². The number of fused-ring (bicyclic) bond motifs is 9. The largest absolute Gasteiger partial charge is 0.310 e. The van der Waals surface area contributed by atoms with Gasteiger partial charge in [0.05, 0.1) is 33.4 Å². The summed E-state index contributed by atoms with van der Waals surface area (Å²) in [6, 6.07) is 91.8. The Morgan fingerprint density at radius 2 is 0.686 bits per heavy atom. The quantitative estimate of drug-likeness (QED) is 0.162. The Hall–Kier alpha value is -8.92. The minimum absolute atomic E-state index is 0.342. The summed E-state index contributed by atoms with van der Waals surface area (Å²) >= 11 is 0. The van der Waals surface area contributed by atoms with Gasteiger partial charge in [0.15, 0.2) is 0 Å². The van der Waals surface area contributed by atoms with Crippen LogP contribution in [0.15, 0.2) is 249 Å². The number of benzene rings is 11. The summed E-state index contributed by atoms with van der Waals surface area (Å²) < 4.78 is 4.78. The van der Waals surface area contributed by atoms with Crippen LogP contribution in [0.5, 0.6) is 0 Å². The molecule has 13 aromatic rings. The molecule has 3 nitrogen and oxygen atoms in total. The summed E-state index contributed by atoms with van der Waals surface area (Å²) in [4.78, 5) is 2.51. The van der Waals surface area contributed by atoms with E-state index >= 15 is 0 Å². The average Bonchev–Trinajstić information content (AvgIpc) is 3.93. The van der Waals surface area contributed by atoms with E-state index in [1.54, 1.807) is 0 Å². The molecule has 3 heteroatoms. The molecule has 3 heterocycles. The van der Waals surface area contributed by atoms with Crippen molar-refractivity contribution in [2.45, 2.75) is 19.3 Å². The summed E-state index contributed by atoms with van der Waals surface area (Å²) in [6.45, 7) is 4.82. The predicted molar refractivity (Wildman–Crippen MR) is 296 cm³/mol. The Morgan fingerprint density at radius 1 is 0.271 bits per heavy atom. The van der Waals surface area contributed by atoms with Crippen molar-refractivity contribution in [2.75, 3.05) is 4.90 Å². The monoisotopic (exact) mass is 893 g/mol. The topological polar surface area (TPSA) is 13.1 Å². The van der Waals surface area contributed by atoms with E-state index in [4.69, 9.17) is 0 Å². The van der Waals surface area contributed by atoms with Gasteiger partial charge in [-0.25, -0.2) is 0 Å². The maximum Gasteiger partial charge on any atom is 0.0541 e. The van der Waals surface area contributed by atoms with Gasteiger partial charge in [0.2, 0.25) is 0 Å². The van der Waals surface area contributed by atoms with E-state index in [9.17, 15) is 0 Å². The van der Waals surface area contributed by atoms with Gasteiger partial charge in [0.1, 0.15) is 0 Å². The fraction of sp³-hybridized carbons (Fsp3) is 0.0448. The van der Waals surface area contributed by atoms with Crippen molar-refractivity contribution < 1.29 is 0 Å². The molecule has 2 aromatic heterocycles. The summed E-state index contributed by atoms with van der Waals surface area (Å²) in [5.41, 5.74) is 20.2. The van der Waals surface area contributed by atoms with Crippen LogP contribution in [0.25, 0.3) is 99.1 Å². The van der Waals surface area contributed by atoms with Gasteiger partial charge in [-0.2, -0.15) is 0 Å². The first-order chi connectivity index (χ1) is 34.5. The lowest BCUT2D eigenvalue weighted by atomic mass is 9.72. The molecule has 0 bridgehead atoms. The number of hydrogen-bond acceptors (Lipinski definition) is 1. The first-order valence-corrected chi connectivity index (χ1v) is 24.3. The lowest BCUT2D eigenvalue weighted by Gasteiger charge is -2.42. The van der Waals surface area contributed by atoms with E-state index in [1.807, 2.05) is 0 Å². The molecule has 0 amide bonds. The molecule has 0 radical (unpaired) electrons. The molecule has 0 N–H and O–H groups in total. The van der Waals surface area contributed by atoms with Crippen molar-refractivity contribution in [3.05, 3.63) is 260 Å². The molecule has 14 rings (SSSR count). The first-order valence-electron chi connectivity index (χ1n) is 24.3. The van der Waals surface area contributed by atoms with E-state index in [1.165, 1.54) is 122 Å². The zero-order chi connectivity index (χ0) is 46.5. The Bertz CT molecular complexity index is 3990. The molecule has 0 atom stereocenters. The highest BCUT2D eigenvalue weighted by molar-refractivity contribution is 6.12. The van der Waals surface area contributed by atoms with Gasteiger partial charge in [-0.15, -0.1) is 0 Å². The van der Waals surface area contributed by atoms with Crippen LogP contribution in [0.2, 0.25) is 0 Å². The van der Waals surface area contributed by atoms with Crippen molar-refractivity contribution in [1.82, 2.24) is 9.13 Å². The molecule has 0 spiro atoms. The zero-order valence-electron chi connectivity index (χ0n) is 39.0. The third-order valence-electron chi connectivity index (χ3n) is 15.1. The second-order valence-corrected chi connectivity index (χ2v) is 19.4. The molecule has 0 saturated carbocycles. The Kier molecular flexibility index (Phi) is 8.93. The smallest absolute Gasteiger partial charge is 0.0541 e. The van der Waals surface area contributed by atoms with Gasteiger partial charge < -0.3 is 14.0 Å². The SMILES string of the molecule is CC1(C)c2cc(-c3ccc4c(c3)c3ccccc3n4-c3ccccc3)ccc2N(c2ccc3ccc(-c4ccccc4)cc3c2)c2ccc(-c3ccc4c(c3)c3ccccc3n4-c3ccccc3)cc21. The second kappa shape index (κ2) is 15.6. The van der Waals surface area contributed by atoms with Gasteiger partial charge in [-0.3, -0.25) is 0 Å².